The number of dihydropyridines is 1. The van der Waals surface area contributed by atoms with Crippen molar-refractivity contribution in [1.29, 1.82) is 10.5 Å². The van der Waals surface area contributed by atoms with Crippen LogP contribution in [0.25, 0.3) is 0 Å². The first-order valence-electron chi connectivity index (χ1n) is 5.60. The number of nitriles is 2. The Kier molecular flexibility index (Phi) is 1.84. The van der Waals surface area contributed by atoms with Gasteiger partial charge in [0.25, 0.3) is 0 Å². The highest BCUT2D eigenvalue weighted by Gasteiger charge is 2.63. The minimum absolute atomic E-state index is 0.307. The number of rotatable bonds is 0. The van der Waals surface area contributed by atoms with Crippen LogP contribution in [0.2, 0.25) is 0 Å². The van der Waals surface area contributed by atoms with Gasteiger partial charge < -0.3 is 9.47 Å². The second kappa shape index (κ2) is 3.01. The molecule has 0 radical (unpaired) electrons. The summed E-state index contributed by atoms with van der Waals surface area (Å²) in [4.78, 5) is 4.45. The molecule has 0 fully saturated rings. The van der Waals surface area contributed by atoms with Crippen molar-refractivity contribution in [3.63, 3.8) is 0 Å². The van der Waals surface area contributed by atoms with Crippen molar-refractivity contribution in [2.45, 2.75) is 24.2 Å². The van der Waals surface area contributed by atoms with Crippen molar-refractivity contribution < 1.29 is 9.47 Å². The fraction of sp³-hybridized carbons (Fsp3) is 0.462. The first kappa shape index (κ1) is 11.0. The van der Waals surface area contributed by atoms with Gasteiger partial charge in [0.2, 0.25) is 11.5 Å². The lowest BCUT2D eigenvalue weighted by Crippen LogP contribution is -2.48. The minimum Gasteiger partial charge on any atom is -0.483 e. The number of hydrogen-bond acceptors (Lipinski definition) is 5. The Balaban J connectivity index is 2.31. The Hall–Kier alpha value is -2.11. The predicted octanol–water partition coefficient (Wildman–Crippen LogP) is 1.10. The molecular weight excluding hydrogens is 230 g/mol. The molecule has 4 aliphatic heterocycles. The van der Waals surface area contributed by atoms with Gasteiger partial charge >= 0.3 is 0 Å². The summed E-state index contributed by atoms with van der Waals surface area (Å²) in [6.45, 7) is 1.80. The van der Waals surface area contributed by atoms with Crippen LogP contribution in [-0.4, -0.2) is 30.3 Å². The normalized spacial score (nSPS) is 47.1. The molecule has 5 heteroatoms. The Morgan fingerprint density at radius 1 is 1.33 bits per heavy atom. The Bertz CT molecular complexity index is 594. The van der Waals surface area contributed by atoms with Crippen molar-refractivity contribution in [3.8, 4) is 12.1 Å². The fourth-order valence-electron chi connectivity index (χ4n) is 2.70. The molecule has 18 heavy (non-hydrogen) atoms. The Labute approximate surface area is 105 Å². The molecule has 0 spiro atoms. The molecule has 0 aromatic carbocycles. The van der Waals surface area contributed by atoms with Gasteiger partial charge in [-0.1, -0.05) is 18.2 Å². The van der Waals surface area contributed by atoms with Crippen molar-refractivity contribution in [1.82, 2.24) is 0 Å². The minimum atomic E-state index is -1.16. The highest BCUT2D eigenvalue weighted by Crippen LogP contribution is 2.50. The molecule has 4 unspecified atom stereocenters. The van der Waals surface area contributed by atoms with Gasteiger partial charge in [-0.3, -0.25) is 0 Å². The first-order chi connectivity index (χ1) is 8.56. The van der Waals surface area contributed by atoms with Crippen LogP contribution in [0.15, 0.2) is 29.3 Å². The lowest BCUT2D eigenvalue weighted by molar-refractivity contribution is -0.0219. The molecule has 4 bridgehead atoms. The van der Waals surface area contributed by atoms with Crippen molar-refractivity contribution in [2.24, 2.45) is 10.4 Å². The van der Waals surface area contributed by atoms with Gasteiger partial charge in [0.15, 0.2) is 5.41 Å². The van der Waals surface area contributed by atoms with E-state index in [9.17, 15) is 10.5 Å². The van der Waals surface area contributed by atoms with E-state index in [1.807, 2.05) is 0 Å². The molecule has 0 amide bonds. The van der Waals surface area contributed by atoms with Gasteiger partial charge in [0, 0.05) is 0 Å². The molecule has 0 saturated carbocycles. The molecule has 4 aliphatic rings. The van der Waals surface area contributed by atoms with E-state index in [-0.39, 0.29) is 0 Å². The van der Waals surface area contributed by atoms with Crippen LogP contribution in [0.5, 0.6) is 0 Å². The van der Waals surface area contributed by atoms with E-state index in [4.69, 9.17) is 9.47 Å². The summed E-state index contributed by atoms with van der Waals surface area (Å²) in [5, 5.41) is 18.9. The highest BCUT2D eigenvalue weighted by molar-refractivity contribution is 5.91. The smallest absolute Gasteiger partial charge is 0.212 e. The molecule has 4 atom stereocenters. The van der Waals surface area contributed by atoms with Gasteiger partial charge in [0.05, 0.1) is 13.2 Å². The summed E-state index contributed by atoms with van der Waals surface area (Å²) < 4.78 is 11.1. The lowest BCUT2D eigenvalue weighted by atomic mass is 9.74. The van der Waals surface area contributed by atoms with Gasteiger partial charge in [-0.2, -0.15) is 10.5 Å². The van der Waals surface area contributed by atoms with Crippen molar-refractivity contribution >= 4 is 5.90 Å². The van der Waals surface area contributed by atoms with Crippen LogP contribution in [0.3, 0.4) is 0 Å². The largest absolute Gasteiger partial charge is 0.483 e. The van der Waals surface area contributed by atoms with Crippen LogP contribution in [-0.2, 0) is 9.47 Å². The van der Waals surface area contributed by atoms with Crippen LogP contribution in [0.1, 0.15) is 6.92 Å². The van der Waals surface area contributed by atoms with Crippen LogP contribution < -0.4 is 0 Å². The van der Waals surface area contributed by atoms with Crippen molar-refractivity contribution in [3.05, 3.63) is 24.3 Å². The van der Waals surface area contributed by atoms with Crippen LogP contribution in [0, 0.1) is 28.1 Å². The summed E-state index contributed by atoms with van der Waals surface area (Å²) in [6.07, 6.45) is 6.42. The molecule has 4 rings (SSSR count). The maximum absolute atomic E-state index is 9.49. The first-order valence-corrected chi connectivity index (χ1v) is 5.60. The van der Waals surface area contributed by atoms with Gasteiger partial charge in [-0.15, -0.1) is 0 Å². The Morgan fingerprint density at radius 3 is 2.72 bits per heavy atom. The topological polar surface area (TPSA) is 78.4 Å². The average Bonchev–Trinajstić information content (AvgIpc) is 2.78. The number of aliphatic imine (C=N–C) groups is 1. The molecule has 90 valence electrons. The number of hydrogen-bond donors (Lipinski definition) is 0. The zero-order valence-corrected chi connectivity index (χ0v) is 10.0. The monoisotopic (exact) mass is 241 g/mol. The molecule has 0 aliphatic carbocycles. The van der Waals surface area contributed by atoms with E-state index in [2.05, 4.69) is 17.1 Å². The SMILES string of the molecule is COC1=NC2(C)C=CC1(C#N)C1C=CC2(C#N)O1. The molecule has 0 aromatic rings. The standard InChI is InChI=1S/C13H11N3O2/c1-11-5-6-12(7-14,10(16-11)17-2)9-3-4-13(11,8-15)18-9/h3-6,9H,1-2H3. The number of nitrogens with zero attached hydrogens (tertiary/aromatic N) is 3. The molecular formula is C13H11N3O2. The van der Waals surface area contributed by atoms with Gasteiger partial charge in [-0.05, 0) is 13.0 Å². The second-order valence-electron chi connectivity index (χ2n) is 4.83. The summed E-state index contributed by atoms with van der Waals surface area (Å²) >= 11 is 0. The summed E-state index contributed by atoms with van der Waals surface area (Å²) in [6, 6.07) is 4.37. The molecule has 4 heterocycles. The summed E-state index contributed by atoms with van der Waals surface area (Å²) in [5.41, 5.74) is -3.10. The second-order valence-corrected chi connectivity index (χ2v) is 4.83. The van der Waals surface area contributed by atoms with E-state index in [1.54, 1.807) is 31.2 Å². The quantitative estimate of drug-likeness (QED) is 0.595. The third-order valence-corrected chi connectivity index (χ3v) is 3.92. The zero-order chi connectivity index (χ0) is 13.0. The molecule has 0 aromatic heterocycles. The molecule has 0 saturated heterocycles. The molecule has 0 N–H and O–H groups in total. The highest BCUT2D eigenvalue weighted by atomic mass is 16.5. The van der Waals surface area contributed by atoms with E-state index < -0.39 is 22.7 Å². The number of methoxy groups -OCH3 is 1. The van der Waals surface area contributed by atoms with Crippen molar-refractivity contribution in [2.75, 3.05) is 7.11 Å². The van der Waals surface area contributed by atoms with E-state index >= 15 is 0 Å². The van der Waals surface area contributed by atoms with E-state index in [0.717, 1.165) is 0 Å². The van der Waals surface area contributed by atoms with Gasteiger partial charge in [0.1, 0.15) is 17.7 Å². The maximum atomic E-state index is 9.49. The summed E-state index contributed by atoms with van der Waals surface area (Å²) in [7, 11) is 1.48. The van der Waals surface area contributed by atoms with Gasteiger partial charge in [-0.25, -0.2) is 4.99 Å². The third kappa shape index (κ3) is 0.927. The lowest BCUT2D eigenvalue weighted by Gasteiger charge is -2.34. The summed E-state index contributed by atoms with van der Waals surface area (Å²) in [5.74, 6) is 0.307. The van der Waals surface area contributed by atoms with E-state index in [0.29, 0.717) is 5.90 Å². The number of ether oxygens (including phenoxy) is 2. The third-order valence-electron chi connectivity index (χ3n) is 3.92. The van der Waals surface area contributed by atoms with Crippen LogP contribution >= 0.6 is 0 Å². The molecule has 5 nitrogen and oxygen atoms in total. The maximum Gasteiger partial charge on any atom is 0.212 e. The van der Waals surface area contributed by atoms with E-state index in [1.165, 1.54) is 7.11 Å². The van der Waals surface area contributed by atoms with Crippen LogP contribution in [0.4, 0.5) is 0 Å². The fourth-order valence-corrected chi connectivity index (χ4v) is 2.70. The predicted molar refractivity (Wildman–Crippen MR) is 62.4 cm³/mol. The average molecular weight is 241 g/mol. The Morgan fingerprint density at radius 2 is 2.11 bits per heavy atom. The zero-order valence-electron chi connectivity index (χ0n) is 10.0.